The highest BCUT2D eigenvalue weighted by Gasteiger charge is 2.25. The molecule has 0 radical (unpaired) electrons. The molecule has 22 heavy (non-hydrogen) atoms. The molecule has 2 aromatic rings. The van der Waals surface area contributed by atoms with Crippen LogP contribution in [-0.4, -0.2) is 30.7 Å². The maximum atomic E-state index is 12.2. The van der Waals surface area contributed by atoms with Crippen LogP contribution in [0.15, 0.2) is 48.3 Å². The number of methoxy groups -OCH3 is 1. The number of ether oxygens (including phenoxy) is 1. The van der Waals surface area contributed by atoms with Crippen LogP contribution >= 0.6 is 0 Å². The topological polar surface area (TPSA) is 68.3 Å². The number of benzene rings is 1. The molecule has 3 rings (SSSR count). The van der Waals surface area contributed by atoms with E-state index in [2.05, 4.69) is 10.3 Å². The molecule has 1 heterocycles. The number of hydrogen-bond donors (Lipinski definition) is 1. The SMILES string of the molecule is CNC1=CC(=O)c2cc(-c3ccc(OC)cc3)ncc2C1=O. The zero-order chi connectivity index (χ0) is 15.7. The van der Waals surface area contributed by atoms with Crippen molar-refractivity contribution in [1.82, 2.24) is 10.3 Å². The van der Waals surface area contributed by atoms with Gasteiger partial charge < -0.3 is 10.1 Å². The average Bonchev–Trinajstić information content (AvgIpc) is 2.57. The lowest BCUT2D eigenvalue weighted by molar-refractivity contribution is 0.0979. The molecule has 1 N–H and O–H groups in total. The number of carbonyl (C=O) groups excluding carboxylic acids is 2. The molecule has 5 heteroatoms. The minimum atomic E-state index is -0.217. The molecule has 1 aromatic carbocycles. The Kier molecular flexibility index (Phi) is 3.47. The van der Waals surface area contributed by atoms with Crippen LogP contribution < -0.4 is 10.1 Å². The van der Waals surface area contributed by atoms with E-state index >= 15 is 0 Å². The highest BCUT2D eigenvalue weighted by atomic mass is 16.5. The number of rotatable bonds is 3. The largest absolute Gasteiger partial charge is 0.497 e. The van der Waals surface area contributed by atoms with Crippen molar-refractivity contribution in [2.24, 2.45) is 0 Å². The number of fused-ring (bicyclic) bond motifs is 1. The highest BCUT2D eigenvalue weighted by molar-refractivity contribution is 6.24. The van der Waals surface area contributed by atoms with E-state index in [1.54, 1.807) is 20.2 Å². The first-order chi connectivity index (χ1) is 10.6. The fraction of sp³-hybridized carbons (Fsp3) is 0.118. The molecule has 0 atom stereocenters. The summed E-state index contributed by atoms with van der Waals surface area (Å²) in [7, 11) is 3.21. The van der Waals surface area contributed by atoms with Crippen molar-refractivity contribution in [3.05, 3.63) is 59.4 Å². The number of hydrogen-bond acceptors (Lipinski definition) is 5. The molecule has 1 aromatic heterocycles. The Balaban J connectivity index is 2.04. The van der Waals surface area contributed by atoms with Crippen LogP contribution in [0.4, 0.5) is 0 Å². The van der Waals surface area contributed by atoms with Crippen LogP contribution in [0.25, 0.3) is 11.3 Å². The van der Waals surface area contributed by atoms with Crippen molar-refractivity contribution in [3.63, 3.8) is 0 Å². The normalized spacial score (nSPS) is 13.5. The summed E-state index contributed by atoms with van der Waals surface area (Å²) in [6.07, 6.45) is 2.78. The smallest absolute Gasteiger partial charge is 0.211 e. The van der Waals surface area contributed by atoms with Gasteiger partial charge in [0.15, 0.2) is 5.78 Å². The molecule has 0 spiro atoms. The Bertz CT molecular complexity index is 792. The van der Waals surface area contributed by atoms with Crippen LogP contribution in [0.3, 0.4) is 0 Å². The molecule has 0 fully saturated rings. The molecule has 1 aliphatic rings. The van der Waals surface area contributed by atoms with E-state index in [-0.39, 0.29) is 17.3 Å². The van der Waals surface area contributed by atoms with Gasteiger partial charge in [0.2, 0.25) is 5.78 Å². The summed E-state index contributed by atoms with van der Waals surface area (Å²) in [5.41, 5.74) is 2.49. The quantitative estimate of drug-likeness (QED) is 0.940. The fourth-order valence-electron chi connectivity index (χ4n) is 2.36. The highest BCUT2D eigenvalue weighted by Crippen LogP contribution is 2.26. The predicted octanol–water partition coefficient (Wildman–Crippen LogP) is 2.24. The lowest BCUT2D eigenvalue weighted by atomic mass is 9.93. The zero-order valence-electron chi connectivity index (χ0n) is 12.2. The Morgan fingerprint density at radius 1 is 1.09 bits per heavy atom. The van der Waals surface area contributed by atoms with E-state index in [9.17, 15) is 9.59 Å². The molecule has 5 nitrogen and oxygen atoms in total. The molecule has 0 saturated heterocycles. The van der Waals surface area contributed by atoms with Gasteiger partial charge >= 0.3 is 0 Å². The second kappa shape index (κ2) is 5.44. The summed E-state index contributed by atoms with van der Waals surface area (Å²) in [5.74, 6) is 0.330. The van der Waals surface area contributed by atoms with Gasteiger partial charge in [-0.25, -0.2) is 0 Å². The molecule has 1 aliphatic carbocycles. The third kappa shape index (κ3) is 2.26. The lowest BCUT2D eigenvalue weighted by Crippen LogP contribution is -2.24. The van der Waals surface area contributed by atoms with Crippen molar-refractivity contribution in [1.29, 1.82) is 0 Å². The van der Waals surface area contributed by atoms with E-state index in [1.807, 2.05) is 24.3 Å². The summed E-state index contributed by atoms with van der Waals surface area (Å²) >= 11 is 0. The molecule has 0 saturated carbocycles. The minimum absolute atomic E-state index is 0.198. The van der Waals surface area contributed by atoms with Crippen molar-refractivity contribution < 1.29 is 14.3 Å². The van der Waals surface area contributed by atoms with Gasteiger partial charge in [0, 0.05) is 30.4 Å². The third-order valence-electron chi connectivity index (χ3n) is 3.59. The predicted molar refractivity (Wildman–Crippen MR) is 82.0 cm³/mol. The number of aromatic nitrogens is 1. The van der Waals surface area contributed by atoms with E-state index in [0.29, 0.717) is 16.8 Å². The summed E-state index contributed by atoms with van der Waals surface area (Å²) in [5, 5.41) is 2.73. The molecule has 0 bridgehead atoms. The van der Waals surface area contributed by atoms with E-state index in [1.165, 1.54) is 12.3 Å². The van der Waals surface area contributed by atoms with E-state index in [0.717, 1.165) is 11.3 Å². The first kappa shape index (κ1) is 14.0. The molecule has 110 valence electrons. The minimum Gasteiger partial charge on any atom is -0.497 e. The molecule has 0 amide bonds. The maximum Gasteiger partial charge on any atom is 0.211 e. The van der Waals surface area contributed by atoms with Gasteiger partial charge in [-0.2, -0.15) is 0 Å². The number of pyridine rings is 1. The monoisotopic (exact) mass is 294 g/mol. The summed E-state index contributed by atoms with van der Waals surface area (Å²) in [6, 6.07) is 9.01. The Labute approximate surface area is 127 Å². The van der Waals surface area contributed by atoms with Gasteiger partial charge in [0.05, 0.1) is 24.1 Å². The van der Waals surface area contributed by atoms with E-state index < -0.39 is 0 Å². The van der Waals surface area contributed by atoms with Gasteiger partial charge in [-0.15, -0.1) is 0 Å². The summed E-state index contributed by atoms with van der Waals surface area (Å²) < 4.78 is 5.12. The van der Waals surface area contributed by atoms with Crippen molar-refractivity contribution in [2.75, 3.05) is 14.2 Å². The second-order valence-electron chi connectivity index (χ2n) is 4.85. The number of ketones is 2. The van der Waals surface area contributed by atoms with Gasteiger partial charge in [0.25, 0.3) is 0 Å². The summed E-state index contributed by atoms with van der Waals surface area (Å²) in [4.78, 5) is 28.7. The first-order valence-corrected chi connectivity index (χ1v) is 6.77. The van der Waals surface area contributed by atoms with Gasteiger partial charge in [-0.3, -0.25) is 14.6 Å². The van der Waals surface area contributed by atoms with Crippen LogP contribution in [0.1, 0.15) is 20.7 Å². The third-order valence-corrected chi connectivity index (χ3v) is 3.59. The number of likely N-dealkylation sites (N-methyl/N-ethyl adjacent to an activating group) is 1. The standard InChI is InChI=1S/C17H14N2O3/c1-18-15-8-16(20)12-7-14(19-9-13(12)17(15)21)10-3-5-11(22-2)6-4-10/h3-9,18H,1-2H3. The number of nitrogens with one attached hydrogen (secondary N) is 1. The first-order valence-electron chi connectivity index (χ1n) is 6.77. The van der Waals surface area contributed by atoms with Crippen molar-refractivity contribution in [2.45, 2.75) is 0 Å². The Morgan fingerprint density at radius 2 is 1.82 bits per heavy atom. The van der Waals surface area contributed by atoms with E-state index in [4.69, 9.17) is 4.74 Å². The summed E-state index contributed by atoms with van der Waals surface area (Å²) in [6.45, 7) is 0. The Morgan fingerprint density at radius 3 is 2.45 bits per heavy atom. The number of allylic oxidation sites excluding steroid dienone is 2. The van der Waals surface area contributed by atoms with Crippen LogP contribution in [-0.2, 0) is 0 Å². The van der Waals surface area contributed by atoms with Crippen molar-refractivity contribution >= 4 is 11.6 Å². The van der Waals surface area contributed by atoms with Crippen LogP contribution in [0, 0.1) is 0 Å². The van der Waals surface area contributed by atoms with Gasteiger partial charge in [0.1, 0.15) is 5.75 Å². The molecular weight excluding hydrogens is 280 g/mol. The van der Waals surface area contributed by atoms with Crippen molar-refractivity contribution in [3.8, 4) is 17.0 Å². The molecule has 0 unspecified atom stereocenters. The number of nitrogens with zero attached hydrogens (tertiary/aromatic N) is 1. The van der Waals surface area contributed by atoms with Crippen LogP contribution in [0.2, 0.25) is 0 Å². The average molecular weight is 294 g/mol. The fourth-order valence-corrected chi connectivity index (χ4v) is 2.36. The molecule has 0 aliphatic heterocycles. The number of carbonyl (C=O) groups is 2. The van der Waals surface area contributed by atoms with Gasteiger partial charge in [-0.05, 0) is 30.3 Å². The van der Waals surface area contributed by atoms with Crippen LogP contribution in [0.5, 0.6) is 5.75 Å². The zero-order valence-corrected chi connectivity index (χ0v) is 12.2. The second-order valence-corrected chi connectivity index (χ2v) is 4.85. The maximum absolute atomic E-state index is 12.2. The lowest BCUT2D eigenvalue weighted by Gasteiger charge is -2.15. The Hall–Kier alpha value is -2.95. The van der Waals surface area contributed by atoms with Gasteiger partial charge in [-0.1, -0.05) is 0 Å². The molecular formula is C17H14N2O3. The number of Topliss-reactive ketones (excluding diaryl/α,β-unsaturated/α-hetero) is 1.